The van der Waals surface area contributed by atoms with Crippen LogP contribution in [-0.2, 0) is 10.1 Å². The molecule has 0 saturated carbocycles. The second-order valence-electron chi connectivity index (χ2n) is 3.10. The van der Waals surface area contributed by atoms with E-state index >= 15 is 0 Å². The SMILES string of the molecule is O=S(=O)([O-])c1cc([O-])c2ccccc2c1.[Na+].[Na+]. The zero-order valence-corrected chi connectivity index (χ0v) is 14.3. The Bertz CT molecular complexity index is 625. The molecule has 7 heteroatoms. The van der Waals surface area contributed by atoms with Gasteiger partial charge in [-0.15, -0.1) is 0 Å². The molecule has 0 N–H and O–H groups in total. The summed E-state index contributed by atoms with van der Waals surface area (Å²) >= 11 is 0. The van der Waals surface area contributed by atoms with E-state index in [2.05, 4.69) is 0 Å². The van der Waals surface area contributed by atoms with E-state index < -0.39 is 20.8 Å². The van der Waals surface area contributed by atoms with Gasteiger partial charge in [-0.05, 0) is 16.8 Å². The van der Waals surface area contributed by atoms with Gasteiger partial charge in [-0.2, -0.15) is 0 Å². The maximum absolute atomic E-state index is 11.4. The zero-order valence-electron chi connectivity index (χ0n) is 9.51. The first-order valence-corrected chi connectivity index (χ1v) is 5.55. The van der Waals surface area contributed by atoms with Gasteiger partial charge in [0.15, 0.2) is 0 Å². The van der Waals surface area contributed by atoms with Crippen LogP contribution in [-0.4, -0.2) is 13.0 Å². The molecule has 4 nitrogen and oxygen atoms in total. The van der Waals surface area contributed by atoms with Crippen LogP contribution in [0.15, 0.2) is 41.3 Å². The number of hydrogen-bond donors (Lipinski definition) is 0. The monoisotopic (exact) mass is 268 g/mol. The second kappa shape index (κ2) is 6.54. The average molecular weight is 268 g/mol. The van der Waals surface area contributed by atoms with Crippen molar-refractivity contribution in [1.82, 2.24) is 0 Å². The standard InChI is InChI=1S/C10H8O4S.2Na/c11-10-6-8(15(12,13)14)5-7-3-1-2-4-9(7)10;;/h1-6,11H,(H,12,13,14);;/q;2*+1/p-2. The van der Waals surface area contributed by atoms with Crippen LogP contribution in [0, 0.1) is 0 Å². The van der Waals surface area contributed by atoms with Crippen molar-refractivity contribution in [2.75, 3.05) is 0 Å². The fourth-order valence-electron chi connectivity index (χ4n) is 1.39. The summed E-state index contributed by atoms with van der Waals surface area (Å²) in [5.41, 5.74) is 0. The molecule has 0 amide bonds. The Morgan fingerprint density at radius 3 is 2.18 bits per heavy atom. The Morgan fingerprint density at radius 2 is 1.59 bits per heavy atom. The number of rotatable bonds is 1. The van der Waals surface area contributed by atoms with Crippen LogP contribution in [0.2, 0.25) is 0 Å². The van der Waals surface area contributed by atoms with Gasteiger partial charge in [-0.3, -0.25) is 0 Å². The Hall–Kier alpha value is 0.410. The first-order valence-electron chi connectivity index (χ1n) is 4.14. The van der Waals surface area contributed by atoms with E-state index in [4.69, 9.17) is 0 Å². The van der Waals surface area contributed by atoms with Gasteiger partial charge in [0.25, 0.3) is 0 Å². The average Bonchev–Trinajstić information content (AvgIpc) is 2.16. The van der Waals surface area contributed by atoms with Crippen LogP contribution in [0.3, 0.4) is 0 Å². The van der Waals surface area contributed by atoms with Crippen LogP contribution in [0.4, 0.5) is 0 Å². The minimum Gasteiger partial charge on any atom is -0.872 e. The molecule has 0 radical (unpaired) electrons. The van der Waals surface area contributed by atoms with Gasteiger partial charge in [0.2, 0.25) is 0 Å². The summed E-state index contributed by atoms with van der Waals surface area (Å²) < 4.78 is 32.2. The molecule has 0 bridgehead atoms. The first kappa shape index (κ1) is 17.4. The summed E-state index contributed by atoms with van der Waals surface area (Å²) in [5.74, 6) is -0.456. The van der Waals surface area contributed by atoms with Crippen molar-refractivity contribution in [3.05, 3.63) is 36.4 Å². The third-order valence-electron chi connectivity index (χ3n) is 2.09. The molecule has 0 aliphatic heterocycles. The fourth-order valence-corrected chi connectivity index (χ4v) is 1.92. The molecule has 2 rings (SSSR count). The molecule has 0 atom stereocenters. The second-order valence-corrected chi connectivity index (χ2v) is 4.48. The van der Waals surface area contributed by atoms with Crippen molar-refractivity contribution in [1.29, 1.82) is 0 Å². The summed E-state index contributed by atoms with van der Waals surface area (Å²) in [7, 11) is -4.57. The van der Waals surface area contributed by atoms with Crippen LogP contribution in [0.5, 0.6) is 5.75 Å². The number of hydrogen-bond acceptors (Lipinski definition) is 4. The third kappa shape index (κ3) is 3.94. The third-order valence-corrected chi connectivity index (χ3v) is 2.90. The summed E-state index contributed by atoms with van der Waals surface area (Å²) in [4.78, 5) is -0.480. The minimum atomic E-state index is -4.57. The van der Waals surface area contributed by atoms with Gasteiger partial charge < -0.3 is 9.66 Å². The van der Waals surface area contributed by atoms with E-state index in [0.717, 1.165) is 6.07 Å². The van der Waals surface area contributed by atoms with Crippen molar-refractivity contribution in [3.8, 4) is 5.75 Å². The summed E-state index contributed by atoms with van der Waals surface area (Å²) in [6, 6.07) is 8.58. The number of benzene rings is 2. The maximum Gasteiger partial charge on any atom is 1.00 e. The van der Waals surface area contributed by atoms with Crippen LogP contribution in [0.1, 0.15) is 0 Å². The molecule has 0 heterocycles. The first-order chi connectivity index (χ1) is 6.98. The van der Waals surface area contributed by atoms with Gasteiger partial charge in [0.05, 0.1) is 4.90 Å². The predicted octanol–water partition coefficient (Wildman–Crippen LogP) is -5.17. The van der Waals surface area contributed by atoms with Crippen LogP contribution in [0.25, 0.3) is 10.8 Å². The molecule has 0 aliphatic rings. The van der Waals surface area contributed by atoms with E-state index in [1.807, 2.05) is 0 Å². The van der Waals surface area contributed by atoms with E-state index in [0.29, 0.717) is 10.8 Å². The quantitative estimate of drug-likeness (QED) is 0.382. The molecule has 0 saturated heterocycles. The molecule has 0 fully saturated rings. The Balaban J connectivity index is 0.00000128. The van der Waals surface area contributed by atoms with Crippen molar-refractivity contribution in [2.24, 2.45) is 0 Å². The molecule has 0 aliphatic carbocycles. The number of fused-ring (bicyclic) bond motifs is 1. The predicted molar refractivity (Wildman–Crippen MR) is 51.4 cm³/mol. The summed E-state index contributed by atoms with van der Waals surface area (Å²) in [5, 5.41) is 12.3. The molecular formula is C10H6Na2O4S. The van der Waals surface area contributed by atoms with Crippen molar-refractivity contribution in [2.45, 2.75) is 4.90 Å². The molecule has 0 spiro atoms. The van der Waals surface area contributed by atoms with E-state index in [-0.39, 0.29) is 59.1 Å². The smallest absolute Gasteiger partial charge is 0.872 e. The van der Waals surface area contributed by atoms with Crippen molar-refractivity contribution in [3.63, 3.8) is 0 Å². The Kier molecular flexibility index (Phi) is 6.70. The normalized spacial score (nSPS) is 10.4. The zero-order chi connectivity index (χ0) is 11.1. The van der Waals surface area contributed by atoms with Gasteiger partial charge in [-0.25, -0.2) is 8.42 Å². The van der Waals surface area contributed by atoms with E-state index in [9.17, 15) is 18.1 Å². The molecular weight excluding hydrogens is 262 g/mol. The summed E-state index contributed by atoms with van der Waals surface area (Å²) in [6.07, 6.45) is 0. The van der Waals surface area contributed by atoms with Crippen LogP contribution < -0.4 is 64.2 Å². The Morgan fingerprint density at radius 1 is 1.00 bits per heavy atom. The van der Waals surface area contributed by atoms with E-state index in [1.54, 1.807) is 24.3 Å². The van der Waals surface area contributed by atoms with Gasteiger partial charge >= 0.3 is 59.1 Å². The minimum absolute atomic E-state index is 0. The summed E-state index contributed by atoms with van der Waals surface area (Å²) in [6.45, 7) is 0. The van der Waals surface area contributed by atoms with Crippen molar-refractivity contribution >= 4 is 20.9 Å². The molecule has 17 heavy (non-hydrogen) atoms. The van der Waals surface area contributed by atoms with Gasteiger partial charge in [-0.1, -0.05) is 36.1 Å². The van der Waals surface area contributed by atoms with Gasteiger partial charge in [0.1, 0.15) is 10.1 Å². The molecule has 0 unspecified atom stereocenters. The fraction of sp³-hybridized carbons (Fsp3) is 0. The molecule has 0 aromatic heterocycles. The van der Waals surface area contributed by atoms with E-state index in [1.165, 1.54) is 6.07 Å². The Labute approximate surface area is 143 Å². The molecule has 78 valence electrons. The van der Waals surface area contributed by atoms with Crippen LogP contribution >= 0.6 is 0 Å². The largest absolute Gasteiger partial charge is 1.00 e. The topological polar surface area (TPSA) is 80.3 Å². The molecule has 2 aromatic carbocycles. The van der Waals surface area contributed by atoms with Crippen molar-refractivity contribution < 1.29 is 77.2 Å². The molecule has 2 aromatic rings. The van der Waals surface area contributed by atoms with Gasteiger partial charge in [0, 0.05) is 0 Å². The maximum atomic E-state index is 11.4.